The van der Waals surface area contributed by atoms with Crippen LogP contribution in [0.5, 0.6) is 0 Å². The van der Waals surface area contributed by atoms with Crippen LogP contribution in [0.15, 0.2) is 30.3 Å². The van der Waals surface area contributed by atoms with Crippen molar-refractivity contribution in [3.63, 3.8) is 0 Å². The third-order valence-electron chi connectivity index (χ3n) is 3.21. The number of hydrogen-bond donors (Lipinski definition) is 2. The molecule has 0 aromatic heterocycles. The van der Waals surface area contributed by atoms with Gasteiger partial charge in [0, 0.05) is 6.54 Å². The molecule has 82 valence electrons. The number of rotatable bonds is 4. The molecule has 2 rings (SSSR count). The molecule has 0 aliphatic carbocycles. The summed E-state index contributed by atoms with van der Waals surface area (Å²) in [4.78, 5) is 0. The van der Waals surface area contributed by atoms with E-state index in [0.717, 1.165) is 32.4 Å². The highest BCUT2D eigenvalue weighted by Crippen LogP contribution is 2.17. The van der Waals surface area contributed by atoms with Crippen molar-refractivity contribution in [1.82, 2.24) is 5.32 Å². The largest absolute Gasteiger partial charge is 0.393 e. The molecular formula is C13H19NO. The molecule has 0 bridgehead atoms. The van der Waals surface area contributed by atoms with Crippen LogP contribution in [0, 0.1) is 5.92 Å². The van der Waals surface area contributed by atoms with Crippen LogP contribution in [-0.2, 0) is 6.42 Å². The van der Waals surface area contributed by atoms with Crippen molar-refractivity contribution in [2.45, 2.75) is 25.4 Å². The van der Waals surface area contributed by atoms with Gasteiger partial charge in [-0.2, -0.15) is 0 Å². The maximum absolute atomic E-state index is 9.97. The summed E-state index contributed by atoms with van der Waals surface area (Å²) in [5.41, 5.74) is 1.32. The number of benzene rings is 1. The van der Waals surface area contributed by atoms with Crippen LogP contribution in [-0.4, -0.2) is 24.3 Å². The Morgan fingerprint density at radius 1 is 1.33 bits per heavy atom. The summed E-state index contributed by atoms with van der Waals surface area (Å²) in [5, 5.41) is 13.3. The zero-order chi connectivity index (χ0) is 10.5. The quantitative estimate of drug-likeness (QED) is 0.782. The number of aryl methyl sites for hydroxylation is 1. The molecule has 0 radical (unpaired) electrons. The Kier molecular flexibility index (Phi) is 3.75. The van der Waals surface area contributed by atoms with E-state index in [1.165, 1.54) is 5.56 Å². The summed E-state index contributed by atoms with van der Waals surface area (Å²) in [6.45, 7) is 2.04. The Morgan fingerprint density at radius 2 is 2.13 bits per heavy atom. The van der Waals surface area contributed by atoms with E-state index in [9.17, 15) is 5.11 Å². The van der Waals surface area contributed by atoms with Gasteiger partial charge in [-0.25, -0.2) is 0 Å². The lowest BCUT2D eigenvalue weighted by molar-refractivity contribution is 0.108. The minimum atomic E-state index is -0.139. The summed E-state index contributed by atoms with van der Waals surface area (Å²) in [7, 11) is 0. The minimum absolute atomic E-state index is 0.139. The number of hydrogen-bond acceptors (Lipinski definition) is 2. The molecule has 1 fully saturated rings. The summed E-state index contributed by atoms with van der Waals surface area (Å²) in [6.07, 6.45) is 2.85. The van der Waals surface area contributed by atoms with E-state index < -0.39 is 0 Å². The van der Waals surface area contributed by atoms with Gasteiger partial charge >= 0.3 is 0 Å². The first-order valence-electron chi connectivity index (χ1n) is 5.79. The second-order valence-corrected chi connectivity index (χ2v) is 4.34. The first-order chi connectivity index (χ1) is 7.36. The molecule has 2 atom stereocenters. The van der Waals surface area contributed by atoms with Gasteiger partial charge in [0.05, 0.1) is 6.10 Å². The number of aliphatic hydroxyl groups excluding tert-OH is 1. The molecular weight excluding hydrogens is 186 g/mol. The van der Waals surface area contributed by atoms with E-state index in [0.29, 0.717) is 5.92 Å². The molecule has 1 aliphatic heterocycles. The normalized spacial score (nSPS) is 22.9. The molecule has 0 amide bonds. The topological polar surface area (TPSA) is 32.3 Å². The van der Waals surface area contributed by atoms with Crippen molar-refractivity contribution in [1.29, 1.82) is 0 Å². The average molecular weight is 205 g/mol. The Morgan fingerprint density at radius 3 is 2.80 bits per heavy atom. The lowest BCUT2D eigenvalue weighted by atomic mass is 9.96. The first-order valence-corrected chi connectivity index (χ1v) is 5.79. The van der Waals surface area contributed by atoms with Crippen LogP contribution in [0.4, 0.5) is 0 Å². The molecule has 1 saturated heterocycles. The maximum atomic E-state index is 9.97. The SMILES string of the molecule is OC(CCc1ccccc1)[C@@H]1CCNC1. The molecule has 1 aliphatic rings. The summed E-state index contributed by atoms with van der Waals surface area (Å²) >= 11 is 0. The molecule has 2 heteroatoms. The van der Waals surface area contributed by atoms with Gasteiger partial charge in [0.15, 0.2) is 0 Å². The Bertz CT molecular complexity index is 280. The van der Waals surface area contributed by atoms with Gasteiger partial charge in [-0.1, -0.05) is 30.3 Å². The van der Waals surface area contributed by atoms with Crippen LogP contribution >= 0.6 is 0 Å². The molecule has 0 spiro atoms. The fourth-order valence-corrected chi connectivity index (χ4v) is 2.20. The van der Waals surface area contributed by atoms with Gasteiger partial charge in [0.2, 0.25) is 0 Å². The highest BCUT2D eigenvalue weighted by Gasteiger charge is 2.22. The van der Waals surface area contributed by atoms with Crippen LogP contribution < -0.4 is 5.32 Å². The maximum Gasteiger partial charge on any atom is 0.0584 e. The predicted octanol–water partition coefficient (Wildman–Crippen LogP) is 1.59. The molecule has 2 N–H and O–H groups in total. The van der Waals surface area contributed by atoms with Crippen LogP contribution in [0.1, 0.15) is 18.4 Å². The zero-order valence-electron chi connectivity index (χ0n) is 9.02. The second kappa shape index (κ2) is 5.29. The summed E-state index contributed by atoms with van der Waals surface area (Å²) in [6, 6.07) is 10.4. The highest BCUT2D eigenvalue weighted by atomic mass is 16.3. The fraction of sp³-hybridized carbons (Fsp3) is 0.538. The lowest BCUT2D eigenvalue weighted by Gasteiger charge is -2.16. The number of aliphatic hydroxyl groups is 1. The molecule has 2 nitrogen and oxygen atoms in total. The average Bonchev–Trinajstić information content (AvgIpc) is 2.81. The first kappa shape index (κ1) is 10.7. The van der Waals surface area contributed by atoms with E-state index in [4.69, 9.17) is 0 Å². The van der Waals surface area contributed by atoms with Gasteiger partial charge < -0.3 is 10.4 Å². The predicted molar refractivity (Wildman–Crippen MR) is 61.7 cm³/mol. The summed E-state index contributed by atoms with van der Waals surface area (Å²) < 4.78 is 0. The zero-order valence-corrected chi connectivity index (χ0v) is 9.02. The molecule has 1 aromatic rings. The van der Waals surface area contributed by atoms with Crippen molar-refractivity contribution in [3.8, 4) is 0 Å². The smallest absolute Gasteiger partial charge is 0.0584 e. The van der Waals surface area contributed by atoms with Crippen molar-refractivity contribution in [3.05, 3.63) is 35.9 Å². The van der Waals surface area contributed by atoms with Crippen molar-refractivity contribution in [2.75, 3.05) is 13.1 Å². The van der Waals surface area contributed by atoms with Crippen molar-refractivity contribution < 1.29 is 5.11 Å². The lowest BCUT2D eigenvalue weighted by Crippen LogP contribution is -2.23. The Balaban J connectivity index is 1.77. The Labute approximate surface area is 91.3 Å². The van der Waals surface area contributed by atoms with Crippen molar-refractivity contribution in [2.24, 2.45) is 5.92 Å². The standard InChI is InChI=1S/C13H19NO/c15-13(12-8-9-14-10-12)7-6-11-4-2-1-3-5-11/h1-5,12-15H,6-10H2/t12-,13?/m1/s1. The number of nitrogens with one attached hydrogen (secondary N) is 1. The second-order valence-electron chi connectivity index (χ2n) is 4.34. The van der Waals surface area contributed by atoms with E-state index in [-0.39, 0.29) is 6.10 Å². The van der Waals surface area contributed by atoms with E-state index >= 15 is 0 Å². The molecule has 0 saturated carbocycles. The van der Waals surface area contributed by atoms with Crippen molar-refractivity contribution >= 4 is 0 Å². The molecule has 1 heterocycles. The third kappa shape index (κ3) is 3.05. The van der Waals surface area contributed by atoms with E-state index in [2.05, 4.69) is 29.6 Å². The van der Waals surface area contributed by atoms with Gasteiger partial charge in [-0.05, 0) is 37.3 Å². The van der Waals surface area contributed by atoms with Gasteiger partial charge in [-0.15, -0.1) is 0 Å². The van der Waals surface area contributed by atoms with Gasteiger partial charge in [0.25, 0.3) is 0 Å². The fourth-order valence-electron chi connectivity index (χ4n) is 2.20. The Hall–Kier alpha value is -0.860. The minimum Gasteiger partial charge on any atom is -0.393 e. The highest BCUT2D eigenvalue weighted by molar-refractivity contribution is 5.14. The molecule has 1 unspecified atom stereocenters. The monoisotopic (exact) mass is 205 g/mol. The van der Waals surface area contributed by atoms with Crippen LogP contribution in [0.3, 0.4) is 0 Å². The third-order valence-corrected chi connectivity index (χ3v) is 3.21. The van der Waals surface area contributed by atoms with Gasteiger partial charge in [0.1, 0.15) is 0 Å². The van der Waals surface area contributed by atoms with E-state index in [1.54, 1.807) is 0 Å². The molecule has 15 heavy (non-hydrogen) atoms. The van der Waals surface area contributed by atoms with E-state index in [1.807, 2.05) is 6.07 Å². The van der Waals surface area contributed by atoms with Gasteiger partial charge in [-0.3, -0.25) is 0 Å². The van der Waals surface area contributed by atoms with Crippen LogP contribution in [0.2, 0.25) is 0 Å². The summed E-state index contributed by atoms with van der Waals surface area (Å²) in [5.74, 6) is 0.466. The van der Waals surface area contributed by atoms with Crippen LogP contribution in [0.25, 0.3) is 0 Å². The molecule has 1 aromatic carbocycles.